The van der Waals surface area contributed by atoms with Gasteiger partial charge >= 0.3 is 0 Å². The lowest BCUT2D eigenvalue weighted by Crippen LogP contribution is -1.89. The third kappa shape index (κ3) is 1.54. The van der Waals surface area contributed by atoms with E-state index in [0.29, 0.717) is 5.88 Å². The third-order valence-electron chi connectivity index (χ3n) is 1.81. The third-order valence-corrected chi connectivity index (χ3v) is 1.81. The fourth-order valence-electron chi connectivity index (χ4n) is 1.17. The molecule has 0 aromatic carbocycles. The molecule has 0 unspecified atom stereocenters. The number of nitrogens with zero attached hydrogens (tertiary/aromatic N) is 1. The van der Waals surface area contributed by atoms with E-state index in [1.165, 1.54) is 0 Å². The summed E-state index contributed by atoms with van der Waals surface area (Å²) in [5.41, 5.74) is 1.89. The lowest BCUT2D eigenvalue weighted by molar-refractivity contribution is 0.398. The van der Waals surface area contributed by atoms with Gasteiger partial charge in [0, 0.05) is 12.3 Å². The lowest BCUT2D eigenvalue weighted by atomic mass is 10.3. The van der Waals surface area contributed by atoms with Crippen molar-refractivity contribution in [2.75, 3.05) is 7.11 Å². The Kier molecular flexibility index (Phi) is 2.00. The van der Waals surface area contributed by atoms with Gasteiger partial charge in [-0.15, -0.1) is 0 Å². The number of ether oxygens (including phenoxy) is 1. The minimum atomic E-state index is 0.632. The number of rotatable bonds is 2. The summed E-state index contributed by atoms with van der Waals surface area (Å²) >= 11 is 0. The maximum absolute atomic E-state index is 5.03. The second-order valence-electron chi connectivity index (χ2n) is 2.65. The van der Waals surface area contributed by atoms with Crippen LogP contribution in [0.4, 0.5) is 0 Å². The van der Waals surface area contributed by atoms with Crippen molar-refractivity contribution in [1.82, 2.24) is 9.97 Å². The van der Waals surface area contributed by atoms with Crippen LogP contribution in [0.15, 0.2) is 36.5 Å². The fraction of sp³-hybridized carbons (Fsp3) is 0.100. The molecule has 2 heterocycles. The topological polar surface area (TPSA) is 37.9 Å². The molecule has 0 fully saturated rings. The zero-order valence-electron chi connectivity index (χ0n) is 7.32. The quantitative estimate of drug-likeness (QED) is 0.756. The summed E-state index contributed by atoms with van der Waals surface area (Å²) in [6.45, 7) is 0. The van der Waals surface area contributed by atoms with Gasteiger partial charge in [-0.1, -0.05) is 6.07 Å². The first-order valence-electron chi connectivity index (χ1n) is 4.05. The van der Waals surface area contributed by atoms with Gasteiger partial charge < -0.3 is 9.72 Å². The molecule has 0 atom stereocenters. The minimum Gasteiger partial charge on any atom is -0.481 e. The molecule has 0 saturated carbocycles. The SMILES string of the molecule is COc1cccc(-c2ccc[nH]2)n1. The molecule has 0 aliphatic rings. The lowest BCUT2D eigenvalue weighted by Gasteiger charge is -2.00. The van der Waals surface area contributed by atoms with Crippen molar-refractivity contribution in [3.8, 4) is 17.3 Å². The van der Waals surface area contributed by atoms with Gasteiger partial charge in [0.15, 0.2) is 0 Å². The summed E-state index contributed by atoms with van der Waals surface area (Å²) in [5.74, 6) is 0.632. The molecule has 0 bridgehead atoms. The second-order valence-corrected chi connectivity index (χ2v) is 2.65. The molecule has 0 radical (unpaired) electrons. The molecule has 3 nitrogen and oxygen atoms in total. The van der Waals surface area contributed by atoms with Crippen LogP contribution < -0.4 is 4.74 Å². The van der Waals surface area contributed by atoms with Crippen LogP contribution >= 0.6 is 0 Å². The maximum Gasteiger partial charge on any atom is 0.213 e. The van der Waals surface area contributed by atoms with Crippen LogP contribution in [-0.2, 0) is 0 Å². The van der Waals surface area contributed by atoms with Crippen molar-refractivity contribution in [3.05, 3.63) is 36.5 Å². The van der Waals surface area contributed by atoms with Crippen LogP contribution in [0.5, 0.6) is 5.88 Å². The minimum absolute atomic E-state index is 0.632. The molecule has 2 aromatic rings. The van der Waals surface area contributed by atoms with Gasteiger partial charge in [0.05, 0.1) is 18.5 Å². The first kappa shape index (κ1) is 7.86. The Bertz CT molecular complexity index is 382. The Labute approximate surface area is 76.4 Å². The number of aromatic amines is 1. The zero-order chi connectivity index (χ0) is 9.10. The van der Waals surface area contributed by atoms with Crippen LogP contribution in [0.25, 0.3) is 11.4 Å². The number of nitrogens with one attached hydrogen (secondary N) is 1. The molecule has 13 heavy (non-hydrogen) atoms. The van der Waals surface area contributed by atoms with E-state index in [9.17, 15) is 0 Å². The van der Waals surface area contributed by atoms with Gasteiger partial charge in [0.2, 0.25) is 5.88 Å². The molecule has 0 aliphatic heterocycles. The van der Waals surface area contributed by atoms with E-state index in [1.807, 2.05) is 36.5 Å². The molecule has 1 N–H and O–H groups in total. The molecule has 0 saturated heterocycles. The Hall–Kier alpha value is -1.77. The number of hydrogen-bond acceptors (Lipinski definition) is 2. The molecule has 0 aliphatic carbocycles. The van der Waals surface area contributed by atoms with Gasteiger partial charge in [0.25, 0.3) is 0 Å². The van der Waals surface area contributed by atoms with E-state index in [4.69, 9.17) is 4.74 Å². The van der Waals surface area contributed by atoms with Crippen molar-refractivity contribution in [3.63, 3.8) is 0 Å². The molecular weight excluding hydrogens is 164 g/mol. The van der Waals surface area contributed by atoms with Crippen molar-refractivity contribution in [2.45, 2.75) is 0 Å². The summed E-state index contributed by atoms with van der Waals surface area (Å²) in [7, 11) is 1.61. The smallest absolute Gasteiger partial charge is 0.213 e. The van der Waals surface area contributed by atoms with Crippen molar-refractivity contribution >= 4 is 0 Å². The van der Waals surface area contributed by atoms with Crippen LogP contribution in [0.1, 0.15) is 0 Å². The van der Waals surface area contributed by atoms with E-state index in [2.05, 4.69) is 9.97 Å². The van der Waals surface area contributed by atoms with Crippen LogP contribution in [0.2, 0.25) is 0 Å². The predicted molar refractivity (Wildman–Crippen MR) is 50.6 cm³/mol. The van der Waals surface area contributed by atoms with Crippen LogP contribution in [-0.4, -0.2) is 17.1 Å². The number of pyridine rings is 1. The summed E-state index contributed by atoms with van der Waals surface area (Å²) < 4.78 is 5.03. The van der Waals surface area contributed by atoms with Gasteiger partial charge in [-0.3, -0.25) is 0 Å². The molecule has 3 heteroatoms. The van der Waals surface area contributed by atoms with Gasteiger partial charge in [0.1, 0.15) is 0 Å². The molecule has 2 rings (SSSR count). The van der Waals surface area contributed by atoms with Crippen LogP contribution in [0, 0.1) is 0 Å². The Balaban J connectivity index is 2.41. The van der Waals surface area contributed by atoms with Crippen molar-refractivity contribution in [1.29, 1.82) is 0 Å². The molecule has 0 spiro atoms. The Morgan fingerprint density at radius 2 is 2.15 bits per heavy atom. The average molecular weight is 174 g/mol. The maximum atomic E-state index is 5.03. The highest BCUT2D eigenvalue weighted by molar-refractivity contribution is 5.54. The number of hydrogen-bond donors (Lipinski definition) is 1. The number of methoxy groups -OCH3 is 1. The highest BCUT2D eigenvalue weighted by atomic mass is 16.5. The fourth-order valence-corrected chi connectivity index (χ4v) is 1.17. The van der Waals surface area contributed by atoms with E-state index in [-0.39, 0.29) is 0 Å². The first-order valence-corrected chi connectivity index (χ1v) is 4.05. The normalized spacial score (nSPS) is 9.92. The van der Waals surface area contributed by atoms with Crippen molar-refractivity contribution in [2.24, 2.45) is 0 Å². The Morgan fingerprint density at radius 3 is 2.85 bits per heavy atom. The average Bonchev–Trinajstić information content (AvgIpc) is 2.71. The highest BCUT2D eigenvalue weighted by Gasteiger charge is 1.99. The number of aromatic nitrogens is 2. The van der Waals surface area contributed by atoms with E-state index < -0.39 is 0 Å². The monoisotopic (exact) mass is 174 g/mol. The standard InChI is InChI=1S/C10H10N2O/c1-13-10-6-2-4-9(12-10)8-5-3-7-11-8/h2-7,11H,1H3. The summed E-state index contributed by atoms with van der Waals surface area (Å²) in [5, 5.41) is 0. The zero-order valence-corrected chi connectivity index (χ0v) is 7.32. The van der Waals surface area contributed by atoms with Crippen molar-refractivity contribution < 1.29 is 4.74 Å². The largest absolute Gasteiger partial charge is 0.481 e. The molecule has 0 amide bonds. The van der Waals surface area contributed by atoms with E-state index >= 15 is 0 Å². The van der Waals surface area contributed by atoms with Gasteiger partial charge in [-0.05, 0) is 18.2 Å². The van der Waals surface area contributed by atoms with E-state index in [1.54, 1.807) is 7.11 Å². The van der Waals surface area contributed by atoms with E-state index in [0.717, 1.165) is 11.4 Å². The highest BCUT2D eigenvalue weighted by Crippen LogP contribution is 2.16. The summed E-state index contributed by atoms with van der Waals surface area (Å²) in [6.07, 6.45) is 1.87. The molecular formula is C10H10N2O. The number of H-pyrrole nitrogens is 1. The summed E-state index contributed by atoms with van der Waals surface area (Å²) in [6, 6.07) is 9.60. The van der Waals surface area contributed by atoms with Gasteiger partial charge in [-0.25, -0.2) is 4.98 Å². The second kappa shape index (κ2) is 3.31. The first-order chi connectivity index (χ1) is 6.40. The summed E-state index contributed by atoms with van der Waals surface area (Å²) in [4.78, 5) is 7.37. The molecule has 66 valence electrons. The Morgan fingerprint density at radius 1 is 1.23 bits per heavy atom. The molecule has 2 aromatic heterocycles. The van der Waals surface area contributed by atoms with Gasteiger partial charge in [-0.2, -0.15) is 0 Å². The predicted octanol–water partition coefficient (Wildman–Crippen LogP) is 2.09. The van der Waals surface area contributed by atoms with Crippen LogP contribution in [0.3, 0.4) is 0 Å².